The molecule has 2 nitrogen and oxygen atoms in total. The van der Waals surface area contributed by atoms with E-state index in [4.69, 9.17) is 11.6 Å². The van der Waals surface area contributed by atoms with Crippen molar-refractivity contribution in [3.05, 3.63) is 27.3 Å². The number of carbonyl (C=O) groups excluding carboxylic acids is 1. The lowest BCUT2D eigenvalue weighted by molar-refractivity contribution is -0.113. The molecule has 0 aliphatic rings. The molecular weight excluding hydrogens is 300 g/mol. The van der Waals surface area contributed by atoms with Gasteiger partial charge in [0.15, 0.2) is 0 Å². The van der Waals surface area contributed by atoms with E-state index in [9.17, 15) is 4.79 Å². The van der Waals surface area contributed by atoms with Crippen LogP contribution in [0, 0.1) is 10.5 Å². The summed E-state index contributed by atoms with van der Waals surface area (Å²) >= 11 is 7.60. The first kappa shape index (κ1) is 10.8. The van der Waals surface area contributed by atoms with Crippen LogP contribution in [-0.2, 0) is 4.79 Å². The quantitative estimate of drug-likeness (QED) is 0.660. The van der Waals surface area contributed by atoms with Crippen LogP contribution < -0.4 is 5.32 Å². The molecule has 0 unspecified atom stereocenters. The molecule has 0 spiro atoms. The summed E-state index contributed by atoms with van der Waals surface area (Å²) in [5, 5.41) is 2.69. The SMILES string of the molecule is Cc1cc(NC(=O)CCl)ccc1I. The monoisotopic (exact) mass is 309 g/mol. The van der Waals surface area contributed by atoms with Gasteiger partial charge in [0.25, 0.3) is 0 Å². The summed E-state index contributed by atoms with van der Waals surface area (Å²) in [7, 11) is 0. The molecule has 0 aromatic heterocycles. The Morgan fingerprint density at radius 3 is 2.85 bits per heavy atom. The lowest BCUT2D eigenvalue weighted by Crippen LogP contribution is -2.12. The topological polar surface area (TPSA) is 29.1 Å². The van der Waals surface area contributed by atoms with Gasteiger partial charge in [0.2, 0.25) is 5.91 Å². The number of carbonyl (C=O) groups is 1. The second-order valence-corrected chi connectivity index (χ2v) is 4.08. The highest BCUT2D eigenvalue weighted by molar-refractivity contribution is 14.1. The van der Waals surface area contributed by atoms with Crippen molar-refractivity contribution in [2.75, 3.05) is 11.2 Å². The van der Waals surface area contributed by atoms with Gasteiger partial charge < -0.3 is 5.32 Å². The van der Waals surface area contributed by atoms with E-state index in [2.05, 4.69) is 27.9 Å². The smallest absolute Gasteiger partial charge is 0.239 e. The molecule has 4 heteroatoms. The van der Waals surface area contributed by atoms with E-state index in [0.717, 1.165) is 11.3 Å². The highest BCUT2D eigenvalue weighted by atomic mass is 127. The minimum Gasteiger partial charge on any atom is -0.325 e. The molecule has 1 aromatic carbocycles. The van der Waals surface area contributed by atoms with Gasteiger partial charge in [-0.2, -0.15) is 0 Å². The maximum absolute atomic E-state index is 10.9. The standard InChI is InChI=1S/C9H9ClINO/c1-6-4-7(2-3-8(6)11)12-9(13)5-10/h2-4H,5H2,1H3,(H,12,13). The first-order valence-corrected chi connectivity index (χ1v) is 5.37. The first-order valence-electron chi connectivity index (χ1n) is 3.75. The van der Waals surface area contributed by atoms with Crippen LogP contribution in [0.4, 0.5) is 5.69 Å². The summed E-state index contributed by atoms with van der Waals surface area (Å²) in [4.78, 5) is 10.9. The van der Waals surface area contributed by atoms with Crippen molar-refractivity contribution in [2.45, 2.75) is 6.92 Å². The van der Waals surface area contributed by atoms with Gasteiger partial charge in [0, 0.05) is 9.26 Å². The van der Waals surface area contributed by atoms with Crippen LogP contribution in [0.1, 0.15) is 5.56 Å². The van der Waals surface area contributed by atoms with E-state index in [0.29, 0.717) is 0 Å². The number of hydrogen-bond donors (Lipinski definition) is 1. The summed E-state index contributed by atoms with van der Waals surface area (Å²) in [6.45, 7) is 2.00. The molecule has 0 saturated heterocycles. The number of halogens is 2. The second kappa shape index (κ2) is 4.81. The Morgan fingerprint density at radius 2 is 2.31 bits per heavy atom. The molecule has 0 bridgehead atoms. The van der Waals surface area contributed by atoms with Crippen molar-refractivity contribution in [3.8, 4) is 0 Å². The van der Waals surface area contributed by atoms with Crippen LogP contribution in [0.2, 0.25) is 0 Å². The predicted molar refractivity (Wildman–Crippen MR) is 63.2 cm³/mol. The van der Waals surface area contributed by atoms with Crippen molar-refractivity contribution in [1.29, 1.82) is 0 Å². The number of anilines is 1. The van der Waals surface area contributed by atoms with Gasteiger partial charge in [-0.1, -0.05) is 0 Å². The Morgan fingerprint density at radius 1 is 1.62 bits per heavy atom. The number of amides is 1. The van der Waals surface area contributed by atoms with E-state index in [1.807, 2.05) is 25.1 Å². The number of benzene rings is 1. The fourth-order valence-corrected chi connectivity index (χ4v) is 1.32. The van der Waals surface area contributed by atoms with Gasteiger partial charge in [0.1, 0.15) is 5.88 Å². The molecule has 0 aliphatic heterocycles. The number of alkyl halides is 1. The minimum atomic E-state index is -0.178. The third kappa shape index (κ3) is 3.15. The summed E-state index contributed by atoms with van der Waals surface area (Å²) in [5.41, 5.74) is 1.94. The van der Waals surface area contributed by atoms with Gasteiger partial charge in [-0.25, -0.2) is 0 Å². The van der Waals surface area contributed by atoms with Crippen molar-refractivity contribution < 1.29 is 4.79 Å². The van der Waals surface area contributed by atoms with Gasteiger partial charge in [-0.05, 0) is 53.3 Å². The average Bonchev–Trinajstić information content (AvgIpc) is 2.11. The highest BCUT2D eigenvalue weighted by Gasteiger charge is 2.00. The first-order chi connectivity index (χ1) is 6.13. The van der Waals surface area contributed by atoms with E-state index >= 15 is 0 Å². The van der Waals surface area contributed by atoms with Crippen molar-refractivity contribution in [3.63, 3.8) is 0 Å². The number of aryl methyl sites for hydroxylation is 1. The number of nitrogens with one attached hydrogen (secondary N) is 1. The third-order valence-electron chi connectivity index (χ3n) is 1.56. The van der Waals surface area contributed by atoms with Crippen LogP contribution in [0.3, 0.4) is 0 Å². The van der Waals surface area contributed by atoms with Crippen LogP contribution in [0.15, 0.2) is 18.2 Å². The number of rotatable bonds is 2. The molecule has 0 atom stereocenters. The molecule has 0 saturated carbocycles. The maximum Gasteiger partial charge on any atom is 0.239 e. The number of hydrogen-bond acceptors (Lipinski definition) is 1. The van der Waals surface area contributed by atoms with Crippen molar-refractivity contribution >= 4 is 45.8 Å². The van der Waals surface area contributed by atoms with Gasteiger partial charge >= 0.3 is 0 Å². The van der Waals surface area contributed by atoms with Crippen LogP contribution in [-0.4, -0.2) is 11.8 Å². The summed E-state index contributed by atoms with van der Waals surface area (Å²) in [5.74, 6) is -0.187. The Kier molecular flexibility index (Phi) is 3.99. The Hall–Kier alpha value is -0.290. The molecule has 70 valence electrons. The summed E-state index contributed by atoms with van der Waals surface area (Å²) in [6.07, 6.45) is 0. The van der Waals surface area contributed by atoms with E-state index in [-0.39, 0.29) is 11.8 Å². The zero-order valence-electron chi connectivity index (χ0n) is 7.10. The molecule has 0 radical (unpaired) electrons. The van der Waals surface area contributed by atoms with Crippen molar-refractivity contribution in [2.24, 2.45) is 0 Å². The fourth-order valence-electron chi connectivity index (χ4n) is 0.917. The molecule has 1 aromatic rings. The van der Waals surface area contributed by atoms with Gasteiger partial charge in [-0.15, -0.1) is 11.6 Å². The second-order valence-electron chi connectivity index (χ2n) is 2.65. The zero-order valence-corrected chi connectivity index (χ0v) is 10.0. The molecule has 1 N–H and O–H groups in total. The summed E-state index contributed by atoms with van der Waals surface area (Å²) < 4.78 is 1.18. The molecule has 0 heterocycles. The van der Waals surface area contributed by atoms with Gasteiger partial charge in [-0.3, -0.25) is 4.79 Å². The molecule has 0 fully saturated rings. The minimum absolute atomic E-state index is 0.00889. The van der Waals surface area contributed by atoms with E-state index < -0.39 is 0 Å². The van der Waals surface area contributed by atoms with Crippen LogP contribution >= 0.6 is 34.2 Å². The molecule has 1 rings (SSSR count). The Balaban J connectivity index is 2.79. The summed E-state index contributed by atoms with van der Waals surface area (Å²) in [6, 6.07) is 5.74. The van der Waals surface area contributed by atoms with E-state index in [1.54, 1.807) is 0 Å². The molecule has 1 amide bonds. The largest absolute Gasteiger partial charge is 0.325 e. The third-order valence-corrected chi connectivity index (χ3v) is 3.02. The van der Waals surface area contributed by atoms with Gasteiger partial charge in [0.05, 0.1) is 0 Å². The van der Waals surface area contributed by atoms with E-state index in [1.165, 1.54) is 3.57 Å². The maximum atomic E-state index is 10.9. The Bertz CT molecular complexity index is 327. The lowest BCUT2D eigenvalue weighted by atomic mass is 10.2. The predicted octanol–water partition coefficient (Wildman–Crippen LogP) is 2.78. The molecule has 13 heavy (non-hydrogen) atoms. The molecule has 0 aliphatic carbocycles. The highest BCUT2D eigenvalue weighted by Crippen LogP contribution is 2.16. The van der Waals surface area contributed by atoms with Crippen molar-refractivity contribution in [1.82, 2.24) is 0 Å². The normalized spacial score (nSPS) is 9.77. The average molecular weight is 310 g/mol. The van der Waals surface area contributed by atoms with Crippen LogP contribution in [0.5, 0.6) is 0 Å². The molecular formula is C9H9ClINO. The zero-order chi connectivity index (χ0) is 9.84. The fraction of sp³-hybridized carbons (Fsp3) is 0.222. The van der Waals surface area contributed by atoms with Crippen LogP contribution in [0.25, 0.3) is 0 Å². The Labute approximate surface area is 95.8 Å². The lowest BCUT2D eigenvalue weighted by Gasteiger charge is -2.04.